The van der Waals surface area contributed by atoms with Crippen LogP contribution in [0.1, 0.15) is 22.6 Å². The zero-order valence-electron chi connectivity index (χ0n) is 21.6. The summed E-state index contributed by atoms with van der Waals surface area (Å²) in [7, 11) is 1.39. The van der Waals surface area contributed by atoms with Crippen LogP contribution < -0.4 is 20.7 Å². The van der Waals surface area contributed by atoms with Gasteiger partial charge in [0.2, 0.25) is 0 Å². The summed E-state index contributed by atoms with van der Waals surface area (Å²) < 4.78 is 35.8. The topological polar surface area (TPSA) is 126 Å². The molecule has 2 aromatic carbocycles. The van der Waals surface area contributed by atoms with Gasteiger partial charge in [0.25, 0.3) is 5.91 Å². The Bertz CT molecular complexity index is 1610. The molecule has 2 atom stereocenters. The molecule has 2 saturated heterocycles. The third-order valence-corrected chi connectivity index (χ3v) is 7.48. The molecule has 4 N–H and O–H groups in total. The standard InChI is InChI=1S/C29H26F2N6O3/c1-40-25-4-2-3-22(30)26(25)29-35-12-21(27(36-29)28(32)39)20-8-23(31)19(15-5-6-16(14-38)33-10-15)9-24(20)37-13-17-7-18(37)11-34-17/h2-6,8-10,12,17-18,34,38H,7,11,13-14H2,1H3,(H2,32,39)/t17-,18-/m0/s1. The van der Waals surface area contributed by atoms with Gasteiger partial charge in [0, 0.05) is 65.5 Å². The van der Waals surface area contributed by atoms with Gasteiger partial charge in [0.15, 0.2) is 5.82 Å². The van der Waals surface area contributed by atoms with E-state index < -0.39 is 17.5 Å². The Morgan fingerprint density at radius 1 is 1.12 bits per heavy atom. The number of hydrogen-bond acceptors (Lipinski definition) is 8. The molecular weight excluding hydrogens is 518 g/mol. The van der Waals surface area contributed by atoms with Gasteiger partial charge in [-0.3, -0.25) is 9.78 Å². The SMILES string of the molecule is COc1cccc(F)c1-c1ncc(-c2cc(F)c(-c3ccc(CO)nc3)cc2N2C[C@@H]3C[C@H]2CN3)c(C(N)=O)n1. The fraction of sp³-hybridized carbons (Fsp3) is 0.241. The van der Waals surface area contributed by atoms with Gasteiger partial charge in [-0.1, -0.05) is 12.1 Å². The van der Waals surface area contributed by atoms with Crippen LogP contribution in [0.25, 0.3) is 33.6 Å². The van der Waals surface area contributed by atoms with Crippen molar-refractivity contribution in [3.8, 4) is 39.4 Å². The second-order valence-electron chi connectivity index (χ2n) is 9.83. The Labute approximate surface area is 228 Å². The number of aromatic nitrogens is 3. The van der Waals surface area contributed by atoms with E-state index in [1.807, 2.05) is 0 Å². The van der Waals surface area contributed by atoms with Crippen molar-refractivity contribution >= 4 is 11.6 Å². The zero-order chi connectivity index (χ0) is 28.0. The monoisotopic (exact) mass is 544 g/mol. The highest BCUT2D eigenvalue weighted by molar-refractivity contribution is 6.00. The molecule has 0 radical (unpaired) electrons. The largest absolute Gasteiger partial charge is 0.496 e. The highest BCUT2D eigenvalue weighted by atomic mass is 19.1. The van der Waals surface area contributed by atoms with Crippen molar-refractivity contribution in [3.63, 3.8) is 0 Å². The number of fused-ring (bicyclic) bond motifs is 2. The zero-order valence-corrected chi connectivity index (χ0v) is 21.6. The van der Waals surface area contributed by atoms with Crippen LogP contribution in [0.2, 0.25) is 0 Å². The minimum Gasteiger partial charge on any atom is -0.496 e. The van der Waals surface area contributed by atoms with Crippen LogP contribution in [0.3, 0.4) is 0 Å². The first-order chi connectivity index (χ1) is 19.4. The number of primary amides is 1. The van der Waals surface area contributed by atoms with Crippen molar-refractivity contribution in [3.05, 3.63) is 77.9 Å². The summed E-state index contributed by atoms with van der Waals surface area (Å²) in [5.41, 5.74) is 8.24. The highest BCUT2D eigenvalue weighted by Gasteiger charge is 2.39. The maximum Gasteiger partial charge on any atom is 0.268 e. The number of methoxy groups -OCH3 is 1. The van der Waals surface area contributed by atoms with Crippen LogP contribution in [0.5, 0.6) is 5.75 Å². The molecule has 2 fully saturated rings. The number of anilines is 1. The number of hydrogen-bond donors (Lipinski definition) is 3. The number of aliphatic hydroxyl groups excluding tert-OH is 1. The molecule has 9 nitrogen and oxygen atoms in total. The quantitative estimate of drug-likeness (QED) is 0.324. The number of nitrogens with one attached hydrogen (secondary N) is 1. The lowest BCUT2D eigenvalue weighted by Gasteiger charge is -2.32. The van der Waals surface area contributed by atoms with Gasteiger partial charge < -0.3 is 25.8 Å². The molecule has 0 spiro atoms. The van der Waals surface area contributed by atoms with Crippen LogP contribution in [0, 0.1) is 11.6 Å². The van der Waals surface area contributed by atoms with Crippen molar-refractivity contribution in [2.24, 2.45) is 5.73 Å². The second-order valence-corrected chi connectivity index (χ2v) is 9.83. The minimum absolute atomic E-state index is 0.0115. The molecule has 0 aliphatic carbocycles. The Kier molecular flexibility index (Phi) is 6.60. The molecule has 2 aliphatic heterocycles. The number of aliphatic hydroxyl groups is 1. The first kappa shape index (κ1) is 25.8. The Hall–Kier alpha value is -4.48. The summed E-state index contributed by atoms with van der Waals surface area (Å²) in [6.07, 6.45) is 3.82. The lowest BCUT2D eigenvalue weighted by molar-refractivity contribution is 0.0996. The number of ether oxygens (including phenoxy) is 1. The number of nitrogens with zero attached hydrogens (tertiary/aromatic N) is 4. The number of nitrogens with two attached hydrogens (primary N) is 1. The van der Waals surface area contributed by atoms with Crippen molar-refractivity contribution < 1.29 is 23.4 Å². The summed E-state index contributed by atoms with van der Waals surface area (Å²) in [6, 6.07) is 11.2. The van der Waals surface area contributed by atoms with E-state index >= 15 is 4.39 Å². The summed E-state index contributed by atoms with van der Waals surface area (Å²) in [5.74, 6) is -1.92. The van der Waals surface area contributed by atoms with Crippen LogP contribution >= 0.6 is 0 Å². The van der Waals surface area contributed by atoms with Crippen LogP contribution in [-0.2, 0) is 6.61 Å². The van der Waals surface area contributed by atoms with Crippen LogP contribution in [0.4, 0.5) is 14.5 Å². The maximum absolute atomic E-state index is 15.8. The summed E-state index contributed by atoms with van der Waals surface area (Å²) in [5, 5.41) is 12.8. The highest BCUT2D eigenvalue weighted by Crippen LogP contribution is 2.42. The number of amides is 1. The molecule has 0 unspecified atom stereocenters. The van der Waals surface area contributed by atoms with Gasteiger partial charge in [0.05, 0.1) is 25.0 Å². The number of piperazine rings is 1. The van der Waals surface area contributed by atoms with E-state index in [2.05, 4.69) is 25.2 Å². The van der Waals surface area contributed by atoms with Crippen molar-refractivity contribution in [1.29, 1.82) is 0 Å². The molecular formula is C29H26F2N6O3. The minimum atomic E-state index is -0.863. The number of halogens is 2. The second kappa shape index (κ2) is 10.2. The molecule has 2 bridgehead atoms. The molecule has 40 heavy (non-hydrogen) atoms. The third kappa shape index (κ3) is 4.42. The smallest absolute Gasteiger partial charge is 0.268 e. The fourth-order valence-electron chi connectivity index (χ4n) is 5.55. The van der Waals surface area contributed by atoms with Crippen molar-refractivity contribution in [1.82, 2.24) is 20.3 Å². The molecule has 11 heteroatoms. The molecule has 1 amide bonds. The lowest BCUT2D eigenvalue weighted by Crippen LogP contribution is -2.43. The Morgan fingerprint density at radius 2 is 1.98 bits per heavy atom. The van der Waals surface area contributed by atoms with Gasteiger partial charge in [-0.05, 0) is 36.8 Å². The van der Waals surface area contributed by atoms with Gasteiger partial charge in [0.1, 0.15) is 23.1 Å². The molecule has 204 valence electrons. The van der Waals surface area contributed by atoms with E-state index in [-0.39, 0.29) is 41.0 Å². The third-order valence-electron chi connectivity index (χ3n) is 7.48. The van der Waals surface area contributed by atoms with Gasteiger partial charge in [-0.15, -0.1) is 0 Å². The first-order valence-corrected chi connectivity index (χ1v) is 12.8. The van der Waals surface area contributed by atoms with Gasteiger partial charge in [-0.2, -0.15) is 0 Å². The van der Waals surface area contributed by atoms with Crippen molar-refractivity contribution in [2.75, 3.05) is 25.1 Å². The molecule has 0 saturated carbocycles. The normalized spacial score (nSPS) is 17.9. The number of rotatable bonds is 7. The maximum atomic E-state index is 15.8. The summed E-state index contributed by atoms with van der Waals surface area (Å²) in [4.78, 5) is 27.8. The predicted octanol–water partition coefficient (Wildman–Crippen LogP) is 3.30. The van der Waals surface area contributed by atoms with E-state index in [1.54, 1.807) is 24.3 Å². The van der Waals surface area contributed by atoms with Crippen molar-refractivity contribution in [2.45, 2.75) is 25.1 Å². The molecule has 6 rings (SSSR count). The Morgan fingerprint density at radius 3 is 2.62 bits per heavy atom. The number of pyridine rings is 1. The van der Waals surface area contributed by atoms with E-state index in [0.717, 1.165) is 13.0 Å². The van der Waals surface area contributed by atoms with E-state index in [1.165, 1.54) is 37.7 Å². The molecule has 2 aliphatic rings. The van der Waals surface area contributed by atoms with Gasteiger partial charge >= 0.3 is 0 Å². The number of benzene rings is 2. The van der Waals surface area contributed by atoms with Crippen LogP contribution in [-0.4, -0.2) is 58.2 Å². The fourth-order valence-corrected chi connectivity index (χ4v) is 5.55. The van der Waals surface area contributed by atoms with E-state index in [4.69, 9.17) is 10.5 Å². The van der Waals surface area contributed by atoms with E-state index in [9.17, 15) is 14.3 Å². The lowest BCUT2D eigenvalue weighted by atomic mass is 9.96. The number of carbonyl (C=O) groups excluding carboxylic acids is 1. The number of carbonyl (C=O) groups is 1. The average molecular weight is 545 g/mol. The Balaban J connectivity index is 1.53. The van der Waals surface area contributed by atoms with E-state index in [0.29, 0.717) is 40.7 Å². The predicted molar refractivity (Wildman–Crippen MR) is 145 cm³/mol. The average Bonchev–Trinajstić information content (AvgIpc) is 3.61. The molecule has 2 aromatic heterocycles. The first-order valence-electron chi connectivity index (χ1n) is 12.8. The summed E-state index contributed by atoms with van der Waals surface area (Å²) >= 11 is 0. The van der Waals surface area contributed by atoms with Gasteiger partial charge in [-0.25, -0.2) is 18.7 Å². The molecule has 4 heterocycles. The molecule has 4 aromatic rings. The summed E-state index contributed by atoms with van der Waals surface area (Å²) in [6.45, 7) is 1.25. The van der Waals surface area contributed by atoms with Crippen LogP contribution in [0.15, 0.2) is 54.9 Å².